The van der Waals surface area contributed by atoms with Crippen LogP contribution in [-0.2, 0) is 66.4 Å². The fourth-order valence-corrected chi connectivity index (χ4v) is 14.6. The van der Waals surface area contributed by atoms with Gasteiger partial charge in [-0.25, -0.2) is 0 Å². The Bertz CT molecular complexity index is 2190. The lowest BCUT2D eigenvalue weighted by Gasteiger charge is -2.50. The van der Waals surface area contributed by atoms with E-state index in [1.165, 1.54) is 6.92 Å². The summed E-state index contributed by atoms with van der Waals surface area (Å²) in [5.41, 5.74) is 5.71. The third-order valence-corrected chi connectivity index (χ3v) is 20.1. The van der Waals surface area contributed by atoms with Gasteiger partial charge in [0.25, 0.3) is 0 Å². The van der Waals surface area contributed by atoms with E-state index in [9.17, 15) is 117 Å². The highest BCUT2D eigenvalue weighted by Crippen LogP contribution is 2.44. The van der Waals surface area contributed by atoms with Crippen molar-refractivity contribution in [1.29, 1.82) is 0 Å². The zero-order valence-corrected chi connectivity index (χ0v) is 49.3. The van der Waals surface area contributed by atoms with Crippen molar-refractivity contribution >= 4 is 35.5 Å². The van der Waals surface area contributed by atoms with Crippen molar-refractivity contribution in [3.05, 3.63) is 0 Å². The lowest BCUT2D eigenvalue weighted by Crippen LogP contribution is -2.68. The van der Waals surface area contributed by atoms with E-state index in [-0.39, 0.29) is 35.9 Å². The molecule has 21 aliphatic rings. The van der Waals surface area contributed by atoms with Crippen molar-refractivity contribution < 1.29 is 174 Å². The van der Waals surface area contributed by atoms with Gasteiger partial charge < -0.3 is 170 Å². The van der Waals surface area contributed by atoms with Crippen LogP contribution in [0, 0.1) is 23.7 Å². The number of ether oxygens (including phenoxy) is 12. The zero-order valence-electron chi connectivity index (χ0n) is 47.6. The monoisotopic (exact) mass is 1340 g/mol. The Kier molecular flexibility index (Phi) is 26.3. The molecule has 0 aromatic rings. The number of rotatable bonds is 15. The number of hydrogen-bond donors (Lipinski definition) is 22. The van der Waals surface area contributed by atoms with Gasteiger partial charge in [0.05, 0.1) is 69.5 Å². The Morgan fingerprint density at radius 3 is 1.02 bits per heavy atom. The Morgan fingerprint density at radius 1 is 0.371 bits per heavy atom. The summed E-state index contributed by atoms with van der Waals surface area (Å²) in [4.78, 5) is 23.4. The molecule has 23 N–H and O–H groups in total. The van der Waals surface area contributed by atoms with Gasteiger partial charge in [-0.15, -0.1) is 0 Å². The molecule has 1 aliphatic carbocycles. The van der Waals surface area contributed by atoms with Crippen LogP contribution < -0.4 is 5.73 Å². The molecule has 0 spiro atoms. The molecule has 0 amide bonds. The molecular weight excluding hydrogens is 1250 g/mol. The molecule has 20 heterocycles. The van der Waals surface area contributed by atoms with Gasteiger partial charge in [-0.05, 0) is 30.4 Å². The molecule has 14 unspecified atom stereocenters. The second kappa shape index (κ2) is 31.9. The molecule has 21 rings (SSSR count). The van der Waals surface area contributed by atoms with Gasteiger partial charge in [0, 0.05) is 23.2 Å². The minimum Gasteiger partial charge on any atom is -0.481 e. The topological polar surface area (TPSA) is 596 Å². The van der Waals surface area contributed by atoms with Crippen LogP contribution in [0.5, 0.6) is 0 Å². The van der Waals surface area contributed by atoms with Gasteiger partial charge in [0.15, 0.2) is 37.7 Å². The van der Waals surface area contributed by atoms with Crippen molar-refractivity contribution in [3.8, 4) is 0 Å². The molecule has 36 nitrogen and oxygen atoms in total. The van der Waals surface area contributed by atoms with E-state index in [0.29, 0.717) is 0 Å². The van der Waals surface area contributed by atoms with Gasteiger partial charge >= 0.3 is 11.9 Å². The largest absolute Gasteiger partial charge is 0.481 e. The number of carbonyl (C=O) groups is 2. The number of hydrogen-bond acceptors (Lipinski definition) is 36. The van der Waals surface area contributed by atoms with E-state index in [0.717, 1.165) is 23.5 Å². The molecule has 0 aromatic carbocycles. The van der Waals surface area contributed by atoms with Crippen LogP contribution in [0.2, 0.25) is 0 Å². The number of carboxylic acids is 2. The van der Waals surface area contributed by atoms with Crippen molar-refractivity contribution in [3.63, 3.8) is 0 Å². The van der Waals surface area contributed by atoms with E-state index >= 15 is 0 Å². The van der Waals surface area contributed by atoms with Crippen LogP contribution in [0.1, 0.15) is 19.8 Å². The van der Waals surface area contributed by atoms with Crippen LogP contribution in [0.4, 0.5) is 0 Å². The summed E-state index contributed by atoms with van der Waals surface area (Å²) in [6, 6.07) is -1.45. The molecule has 14 bridgehead atoms. The second-order valence-electron chi connectivity index (χ2n) is 23.6. The Balaban J connectivity index is 1.11. The summed E-state index contributed by atoms with van der Waals surface area (Å²) in [5.74, 6) is -7.33. The summed E-state index contributed by atoms with van der Waals surface area (Å²) < 4.78 is 70.6. The lowest BCUT2D eigenvalue weighted by molar-refractivity contribution is -0.394. The van der Waals surface area contributed by atoms with Crippen LogP contribution in [0.25, 0.3) is 0 Å². The average molecular weight is 1340 g/mol. The maximum atomic E-state index is 11.9. The van der Waals surface area contributed by atoms with Crippen molar-refractivity contribution in [2.45, 2.75) is 222 Å². The SMILES string of the molecule is C[C@H](CSCC1C[C@@H]2C[C@@H]3C(CO)O[C@H](O[C@@H]4C(CO)O[C@H](O[C@@H]5C(CSC[C@@H](N)C(=O)O)O[C@H](O[C@@H]6C(CO)O[C@H](O[C@@H]7C(CO)O[C@H](O[C@@H]8C(CO)O[C@H](O[C@H]1[C@H](O)C2O)C(O)[C@H]8O)C(O)[C@H]7O)[C@@H](O)C6O)[C@@H](O)C5O)[C@@H](O)C4O)[C@@H](O)C3O)C(=O)O. The van der Waals surface area contributed by atoms with Crippen LogP contribution >= 0.6 is 23.5 Å². The van der Waals surface area contributed by atoms with Gasteiger partial charge in [0.2, 0.25) is 0 Å². The predicted octanol–water partition coefficient (Wildman–Crippen LogP) is -12.1. The highest BCUT2D eigenvalue weighted by Gasteiger charge is 2.59. The van der Waals surface area contributed by atoms with E-state index in [1.54, 1.807) is 0 Å². The quantitative estimate of drug-likeness (QED) is 0.0724. The smallest absolute Gasteiger partial charge is 0.321 e. The normalized spacial score (nSPS) is 50.1. The Hall–Kier alpha value is -1.64. The van der Waals surface area contributed by atoms with Crippen LogP contribution in [0.15, 0.2) is 0 Å². The van der Waals surface area contributed by atoms with E-state index in [1.807, 2.05) is 0 Å². The molecule has 21 fully saturated rings. The maximum Gasteiger partial charge on any atom is 0.321 e. The number of thioether (sulfide) groups is 2. The molecule has 89 heavy (non-hydrogen) atoms. The zero-order chi connectivity index (χ0) is 65.2. The van der Waals surface area contributed by atoms with Crippen molar-refractivity contribution in [2.75, 3.05) is 56.0 Å². The molecule has 20 saturated heterocycles. The highest BCUT2D eigenvalue weighted by atomic mass is 32.2. The van der Waals surface area contributed by atoms with E-state index < -0.39 is 271 Å². The maximum absolute atomic E-state index is 11.9. The predicted molar refractivity (Wildman–Crippen MR) is 287 cm³/mol. The minimum atomic E-state index is -2.24. The van der Waals surface area contributed by atoms with E-state index in [2.05, 4.69) is 0 Å². The van der Waals surface area contributed by atoms with Gasteiger partial charge in [-0.2, -0.15) is 23.5 Å². The molecular formula is C51H85NO35S2. The van der Waals surface area contributed by atoms with Gasteiger partial charge in [-0.3, -0.25) is 9.59 Å². The van der Waals surface area contributed by atoms with Crippen molar-refractivity contribution in [2.24, 2.45) is 29.4 Å². The average Bonchev–Trinajstić information content (AvgIpc) is 0.983. The number of aliphatic hydroxyl groups is 19. The number of nitrogens with two attached hydrogens (primary N) is 1. The molecule has 516 valence electrons. The summed E-state index contributed by atoms with van der Waals surface area (Å²) >= 11 is 1.92. The molecule has 0 radical (unpaired) electrons. The molecule has 0 aromatic heterocycles. The summed E-state index contributed by atoms with van der Waals surface area (Å²) in [7, 11) is 0. The van der Waals surface area contributed by atoms with Crippen molar-refractivity contribution in [1.82, 2.24) is 0 Å². The standard InChI is InChI=1S/C51H85NO35S2/c1-13(44(72)73)9-88-10-15-2-14-3-16-18(4-53)76-46(32(66)25(16)59)83-39-20(6-55)80-50(36(70)30(39)64)87-43-23(12-89-11-17(52)45(74)75)81-51(37(71)31(43)65)86-42-22(8-57)79-49(35(69)29(42)63)85-41-21(7-56)78-48(34(68)28(41)62)84-40-19(5-54)77-47(33(67)27(40)61)82-38(15)26(60)24(14)58/h13-43,46-51,53-71H,2-12,52H2,1H3,(H,72,73)(H,74,75)/t13-,14-,15?,16-,17-,18?,19?,20?,21?,22?,23?,24?,25?,26-,27-,28-,29?,30?,31?,32+,33?,34?,35+,36+,37+,38-,39-,40-,41-,42-,43-,46-,47-,48-,49-,50-,51-/m1/s1. The third kappa shape index (κ3) is 15.9. The summed E-state index contributed by atoms with van der Waals surface area (Å²) in [6.07, 6.45) is -63.0. The van der Waals surface area contributed by atoms with Gasteiger partial charge in [0.1, 0.15) is 134 Å². The third-order valence-electron chi connectivity index (χ3n) is 17.5. The molecule has 1 saturated carbocycles. The molecule has 38 heteroatoms. The molecule has 37 atom stereocenters. The first-order valence-corrected chi connectivity index (χ1v) is 31.3. The highest BCUT2D eigenvalue weighted by molar-refractivity contribution is 7.99. The first-order valence-electron chi connectivity index (χ1n) is 29.0. The molecule has 20 aliphatic heterocycles. The first-order chi connectivity index (χ1) is 42.2. The Labute approximate surface area is 515 Å². The summed E-state index contributed by atoms with van der Waals surface area (Å²) in [6.45, 7) is -3.64. The second-order valence-corrected chi connectivity index (χ2v) is 25.7. The number of aliphatic carboxylic acids is 2. The number of aliphatic hydroxyl groups excluding tert-OH is 19. The fourth-order valence-electron chi connectivity index (χ4n) is 12.4. The number of carboxylic acid groups (broad SMARTS) is 2. The Morgan fingerprint density at radius 2 is 0.674 bits per heavy atom. The van der Waals surface area contributed by atoms with E-state index in [4.69, 9.17) is 62.6 Å². The van der Waals surface area contributed by atoms with Crippen LogP contribution in [0.3, 0.4) is 0 Å². The lowest BCUT2D eigenvalue weighted by atomic mass is 9.70. The fraction of sp³-hybridized carbons (Fsp3) is 0.961. The minimum absolute atomic E-state index is 0.00939. The van der Waals surface area contributed by atoms with Gasteiger partial charge in [-0.1, -0.05) is 6.92 Å². The van der Waals surface area contributed by atoms with Crippen LogP contribution in [-0.4, -0.2) is 378 Å². The first kappa shape index (κ1) is 73.2. The summed E-state index contributed by atoms with van der Waals surface area (Å²) in [5, 5.41) is 235.